The van der Waals surface area contributed by atoms with Gasteiger partial charge in [-0.2, -0.15) is 0 Å². The summed E-state index contributed by atoms with van der Waals surface area (Å²) in [6.07, 6.45) is 3.59. The molecule has 16 heavy (non-hydrogen) atoms. The molecule has 1 aromatic carbocycles. The zero-order chi connectivity index (χ0) is 11.4. The molecule has 1 aliphatic heterocycles. The van der Waals surface area contributed by atoms with Gasteiger partial charge in [-0.15, -0.1) is 0 Å². The lowest BCUT2D eigenvalue weighted by Gasteiger charge is -2.25. The quantitative estimate of drug-likeness (QED) is 0.850. The van der Waals surface area contributed by atoms with Gasteiger partial charge >= 0.3 is 0 Å². The van der Waals surface area contributed by atoms with Crippen LogP contribution in [0.1, 0.15) is 30.9 Å². The lowest BCUT2D eigenvalue weighted by Crippen LogP contribution is -2.29. The third-order valence-corrected chi connectivity index (χ3v) is 3.60. The minimum Gasteiger partial charge on any atom is -0.324 e. The maximum Gasteiger partial charge on any atom is 0.0406 e. The van der Waals surface area contributed by atoms with Gasteiger partial charge in [0, 0.05) is 11.1 Å². The van der Waals surface area contributed by atoms with Crippen molar-refractivity contribution in [2.75, 3.05) is 13.1 Å². The molecule has 0 saturated carbocycles. The topological polar surface area (TPSA) is 38.0 Å². The number of piperidine rings is 1. The van der Waals surface area contributed by atoms with Crippen molar-refractivity contribution in [3.8, 4) is 0 Å². The van der Waals surface area contributed by atoms with Gasteiger partial charge in [0.1, 0.15) is 0 Å². The van der Waals surface area contributed by atoms with Crippen LogP contribution in [0.15, 0.2) is 24.3 Å². The highest BCUT2D eigenvalue weighted by Gasteiger charge is 2.17. The summed E-state index contributed by atoms with van der Waals surface area (Å²) in [5.74, 6) is 0.770. The van der Waals surface area contributed by atoms with Crippen molar-refractivity contribution in [1.29, 1.82) is 0 Å². The second kappa shape index (κ2) is 5.67. The number of nitrogens with one attached hydrogen (secondary N) is 1. The van der Waals surface area contributed by atoms with Gasteiger partial charge in [-0.25, -0.2) is 0 Å². The summed E-state index contributed by atoms with van der Waals surface area (Å²) >= 11 is 5.86. The van der Waals surface area contributed by atoms with Gasteiger partial charge in [0.15, 0.2) is 0 Å². The van der Waals surface area contributed by atoms with Crippen LogP contribution in [-0.4, -0.2) is 13.1 Å². The molecule has 0 spiro atoms. The fourth-order valence-corrected chi connectivity index (χ4v) is 2.45. The lowest BCUT2D eigenvalue weighted by molar-refractivity contribution is 0.333. The summed E-state index contributed by atoms with van der Waals surface area (Å²) < 4.78 is 0. The van der Waals surface area contributed by atoms with Gasteiger partial charge in [0.05, 0.1) is 0 Å². The molecular weight excluding hydrogens is 220 g/mol. The van der Waals surface area contributed by atoms with Gasteiger partial charge in [0.2, 0.25) is 0 Å². The molecule has 3 N–H and O–H groups in total. The van der Waals surface area contributed by atoms with Crippen LogP contribution in [0.25, 0.3) is 0 Å². The molecule has 1 heterocycles. The Morgan fingerprint density at radius 2 is 1.88 bits per heavy atom. The molecule has 0 bridgehead atoms. The van der Waals surface area contributed by atoms with Crippen LogP contribution in [0, 0.1) is 5.92 Å². The maximum atomic E-state index is 6.21. The Balaban J connectivity index is 1.91. The largest absolute Gasteiger partial charge is 0.324 e. The van der Waals surface area contributed by atoms with Crippen molar-refractivity contribution in [1.82, 2.24) is 5.32 Å². The smallest absolute Gasteiger partial charge is 0.0406 e. The molecule has 2 nitrogen and oxygen atoms in total. The average molecular weight is 239 g/mol. The Morgan fingerprint density at radius 3 is 2.50 bits per heavy atom. The highest BCUT2D eigenvalue weighted by Crippen LogP contribution is 2.25. The Bertz CT molecular complexity index is 317. The zero-order valence-electron chi connectivity index (χ0n) is 9.45. The SMILES string of the molecule is NC(CC1CCNCC1)c1ccc(Cl)cc1. The van der Waals surface area contributed by atoms with Gasteiger partial charge in [-0.05, 0) is 56.0 Å². The molecular formula is C13H19ClN2. The van der Waals surface area contributed by atoms with E-state index < -0.39 is 0 Å². The summed E-state index contributed by atoms with van der Waals surface area (Å²) in [4.78, 5) is 0. The predicted octanol–water partition coefficient (Wildman–Crippen LogP) is 2.73. The third-order valence-electron chi connectivity index (χ3n) is 3.34. The molecule has 0 aromatic heterocycles. The molecule has 1 unspecified atom stereocenters. The summed E-state index contributed by atoms with van der Waals surface area (Å²) in [6.45, 7) is 2.27. The second-order valence-electron chi connectivity index (χ2n) is 4.59. The fourth-order valence-electron chi connectivity index (χ4n) is 2.32. The van der Waals surface area contributed by atoms with Gasteiger partial charge in [-0.3, -0.25) is 0 Å². The molecule has 1 saturated heterocycles. The van der Waals surface area contributed by atoms with Gasteiger partial charge in [-0.1, -0.05) is 23.7 Å². The first-order valence-corrected chi connectivity index (χ1v) is 6.35. The minimum atomic E-state index is 0.153. The molecule has 2 rings (SSSR count). The fraction of sp³-hybridized carbons (Fsp3) is 0.538. The molecule has 1 aliphatic rings. The number of nitrogens with two attached hydrogens (primary N) is 1. The van der Waals surface area contributed by atoms with E-state index in [0.29, 0.717) is 0 Å². The Kier molecular flexibility index (Phi) is 4.22. The Morgan fingerprint density at radius 1 is 1.25 bits per heavy atom. The first-order valence-electron chi connectivity index (χ1n) is 5.97. The number of rotatable bonds is 3. The summed E-state index contributed by atoms with van der Waals surface area (Å²) in [5, 5.41) is 4.15. The molecule has 3 heteroatoms. The van der Waals surface area contributed by atoms with E-state index in [0.717, 1.165) is 30.5 Å². The lowest BCUT2D eigenvalue weighted by atomic mass is 9.89. The van der Waals surface area contributed by atoms with Crippen LogP contribution < -0.4 is 11.1 Å². The van der Waals surface area contributed by atoms with Gasteiger partial charge < -0.3 is 11.1 Å². The monoisotopic (exact) mass is 238 g/mol. The molecule has 88 valence electrons. The van der Waals surface area contributed by atoms with Crippen LogP contribution in [0.4, 0.5) is 0 Å². The predicted molar refractivity (Wildman–Crippen MR) is 68.6 cm³/mol. The summed E-state index contributed by atoms with van der Waals surface area (Å²) in [7, 11) is 0. The summed E-state index contributed by atoms with van der Waals surface area (Å²) in [6, 6.07) is 8.06. The molecule has 0 aliphatic carbocycles. The molecule has 1 aromatic rings. The number of hydrogen-bond donors (Lipinski definition) is 2. The molecule has 1 atom stereocenters. The van der Waals surface area contributed by atoms with Crippen LogP contribution in [0.5, 0.6) is 0 Å². The van der Waals surface area contributed by atoms with Crippen molar-refractivity contribution in [2.45, 2.75) is 25.3 Å². The molecule has 1 fully saturated rings. The number of halogens is 1. The minimum absolute atomic E-state index is 0.153. The van der Waals surface area contributed by atoms with Crippen molar-refractivity contribution >= 4 is 11.6 Å². The van der Waals surface area contributed by atoms with Crippen molar-refractivity contribution in [2.24, 2.45) is 11.7 Å². The summed E-state index contributed by atoms with van der Waals surface area (Å²) in [5.41, 5.74) is 7.41. The second-order valence-corrected chi connectivity index (χ2v) is 5.02. The third kappa shape index (κ3) is 3.21. The normalized spacial score (nSPS) is 19.6. The van der Waals surface area contributed by atoms with Gasteiger partial charge in [0.25, 0.3) is 0 Å². The number of hydrogen-bond acceptors (Lipinski definition) is 2. The van der Waals surface area contributed by atoms with Crippen molar-refractivity contribution in [3.63, 3.8) is 0 Å². The van der Waals surface area contributed by atoms with E-state index in [1.165, 1.54) is 18.4 Å². The Hall–Kier alpha value is -0.570. The first kappa shape index (κ1) is 11.9. The van der Waals surface area contributed by atoms with E-state index in [2.05, 4.69) is 5.32 Å². The van der Waals surface area contributed by atoms with E-state index in [-0.39, 0.29) is 6.04 Å². The van der Waals surface area contributed by atoms with E-state index >= 15 is 0 Å². The highest BCUT2D eigenvalue weighted by molar-refractivity contribution is 6.30. The van der Waals surface area contributed by atoms with Crippen LogP contribution in [0.2, 0.25) is 5.02 Å². The van der Waals surface area contributed by atoms with E-state index in [1.807, 2.05) is 24.3 Å². The molecule has 0 amide bonds. The van der Waals surface area contributed by atoms with Crippen LogP contribution in [0.3, 0.4) is 0 Å². The molecule has 0 radical (unpaired) electrons. The van der Waals surface area contributed by atoms with Crippen LogP contribution in [-0.2, 0) is 0 Å². The Labute approximate surface area is 102 Å². The van der Waals surface area contributed by atoms with E-state index in [4.69, 9.17) is 17.3 Å². The maximum absolute atomic E-state index is 6.21. The highest BCUT2D eigenvalue weighted by atomic mass is 35.5. The van der Waals surface area contributed by atoms with Crippen molar-refractivity contribution in [3.05, 3.63) is 34.9 Å². The van der Waals surface area contributed by atoms with Crippen molar-refractivity contribution < 1.29 is 0 Å². The number of benzene rings is 1. The average Bonchev–Trinajstić information content (AvgIpc) is 2.31. The van der Waals surface area contributed by atoms with E-state index in [9.17, 15) is 0 Å². The van der Waals surface area contributed by atoms with E-state index in [1.54, 1.807) is 0 Å². The first-order chi connectivity index (χ1) is 7.75. The van der Waals surface area contributed by atoms with Crippen LogP contribution >= 0.6 is 11.6 Å². The standard InChI is InChI=1S/C13H19ClN2/c14-12-3-1-11(2-4-12)13(15)9-10-5-7-16-8-6-10/h1-4,10,13,16H,5-9,15H2. The zero-order valence-corrected chi connectivity index (χ0v) is 10.2.